The maximum Gasteiger partial charge on any atom is 0.254 e. The fourth-order valence-corrected chi connectivity index (χ4v) is 3.02. The van der Waals surface area contributed by atoms with Gasteiger partial charge in [0.05, 0.1) is 0 Å². The molecule has 0 aliphatic carbocycles. The molecule has 1 heterocycles. The van der Waals surface area contributed by atoms with Crippen LogP contribution >= 0.6 is 0 Å². The van der Waals surface area contributed by atoms with E-state index in [1.807, 2.05) is 17.9 Å². The summed E-state index contributed by atoms with van der Waals surface area (Å²) in [5, 5.41) is 1.16. The van der Waals surface area contributed by atoms with Crippen molar-refractivity contribution >= 4 is 16.7 Å². The summed E-state index contributed by atoms with van der Waals surface area (Å²) in [5.74, 6) is 0.0204. The van der Waals surface area contributed by atoms with Crippen molar-refractivity contribution in [2.45, 2.75) is 19.4 Å². The number of carbonyl (C=O) groups excluding carboxylic acids is 1. The number of hydrogen-bond acceptors (Lipinski definition) is 2. The van der Waals surface area contributed by atoms with Crippen LogP contribution in [0.4, 0.5) is 4.39 Å². The van der Waals surface area contributed by atoms with Crippen LogP contribution in [0.1, 0.15) is 23.7 Å². The number of hydrogen-bond donors (Lipinski definition) is 1. The Morgan fingerprint density at radius 2 is 2.00 bits per heavy atom. The highest BCUT2D eigenvalue weighted by Gasteiger charge is 2.29. The lowest BCUT2D eigenvalue weighted by atomic mass is 10.0. The van der Waals surface area contributed by atoms with Gasteiger partial charge in [-0.25, -0.2) is 4.39 Å². The van der Waals surface area contributed by atoms with Crippen molar-refractivity contribution in [3.05, 3.63) is 47.8 Å². The van der Waals surface area contributed by atoms with Crippen LogP contribution < -0.4 is 5.73 Å². The molecule has 1 aliphatic heterocycles. The molecule has 110 valence electrons. The number of nitrogens with zero attached hydrogens (tertiary/aromatic N) is 1. The average Bonchev–Trinajstić information content (AvgIpc) is 2.97. The molecule has 1 aliphatic rings. The summed E-state index contributed by atoms with van der Waals surface area (Å²) in [7, 11) is 0. The fourth-order valence-electron chi connectivity index (χ4n) is 3.02. The van der Waals surface area contributed by atoms with Gasteiger partial charge in [0.2, 0.25) is 0 Å². The normalized spacial score (nSPS) is 20.0. The van der Waals surface area contributed by atoms with E-state index in [2.05, 4.69) is 0 Å². The van der Waals surface area contributed by atoms with Crippen LogP contribution in [0.15, 0.2) is 36.4 Å². The molecule has 2 aromatic rings. The van der Waals surface area contributed by atoms with Gasteiger partial charge < -0.3 is 10.6 Å². The Hall–Kier alpha value is -1.94. The van der Waals surface area contributed by atoms with Crippen LogP contribution in [0.2, 0.25) is 0 Å². The fraction of sp³-hybridized carbons (Fsp3) is 0.353. The van der Waals surface area contributed by atoms with Gasteiger partial charge in [-0.1, -0.05) is 24.3 Å². The van der Waals surface area contributed by atoms with Gasteiger partial charge >= 0.3 is 0 Å². The summed E-state index contributed by atoms with van der Waals surface area (Å²) in [4.78, 5) is 14.5. The zero-order chi connectivity index (χ0) is 15.0. The van der Waals surface area contributed by atoms with Crippen LogP contribution in [0, 0.1) is 11.7 Å². The highest BCUT2D eigenvalue weighted by atomic mass is 19.1. The first-order chi connectivity index (χ1) is 10.1. The van der Waals surface area contributed by atoms with E-state index in [0.29, 0.717) is 28.8 Å². The Balaban J connectivity index is 1.94. The number of rotatable bonds is 2. The summed E-state index contributed by atoms with van der Waals surface area (Å²) in [5.41, 5.74) is 6.49. The summed E-state index contributed by atoms with van der Waals surface area (Å²) < 4.78 is 13.8. The third kappa shape index (κ3) is 2.51. The van der Waals surface area contributed by atoms with Gasteiger partial charge in [0.1, 0.15) is 5.82 Å². The summed E-state index contributed by atoms with van der Waals surface area (Å²) in [6, 6.07) is 10.1. The minimum absolute atomic E-state index is 0.0330. The molecule has 1 amide bonds. The van der Waals surface area contributed by atoms with E-state index in [1.165, 1.54) is 6.07 Å². The van der Waals surface area contributed by atoms with E-state index in [4.69, 9.17) is 5.73 Å². The molecule has 0 spiro atoms. The minimum Gasteiger partial charge on any atom is -0.338 e. The molecule has 0 aromatic heterocycles. The van der Waals surface area contributed by atoms with E-state index >= 15 is 0 Å². The van der Waals surface area contributed by atoms with E-state index < -0.39 is 0 Å². The van der Waals surface area contributed by atoms with Gasteiger partial charge in [-0.15, -0.1) is 0 Å². The van der Waals surface area contributed by atoms with Crippen LogP contribution in [0.25, 0.3) is 10.8 Å². The molecule has 3 nitrogen and oxygen atoms in total. The van der Waals surface area contributed by atoms with Crippen LogP contribution in [-0.4, -0.2) is 29.9 Å². The highest BCUT2D eigenvalue weighted by Crippen LogP contribution is 2.26. The Bertz CT molecular complexity index is 684. The van der Waals surface area contributed by atoms with Crippen LogP contribution in [0.3, 0.4) is 0 Å². The first kappa shape index (κ1) is 14.0. The van der Waals surface area contributed by atoms with Crippen molar-refractivity contribution in [2.24, 2.45) is 11.7 Å². The number of halogens is 1. The van der Waals surface area contributed by atoms with Crippen molar-refractivity contribution in [1.82, 2.24) is 4.90 Å². The first-order valence-corrected chi connectivity index (χ1v) is 7.30. The molecule has 2 N–H and O–H groups in total. The maximum atomic E-state index is 13.8. The Morgan fingerprint density at radius 1 is 1.29 bits per heavy atom. The van der Waals surface area contributed by atoms with E-state index in [-0.39, 0.29) is 17.8 Å². The first-order valence-electron chi connectivity index (χ1n) is 7.30. The molecule has 2 atom stereocenters. The van der Waals surface area contributed by atoms with E-state index in [0.717, 1.165) is 13.0 Å². The molecule has 2 unspecified atom stereocenters. The second-order valence-corrected chi connectivity index (χ2v) is 5.80. The van der Waals surface area contributed by atoms with E-state index in [9.17, 15) is 9.18 Å². The predicted octanol–water partition coefficient (Wildman–Crippen LogP) is 2.79. The predicted molar refractivity (Wildman–Crippen MR) is 81.6 cm³/mol. The van der Waals surface area contributed by atoms with Gasteiger partial charge in [0.15, 0.2) is 0 Å². The largest absolute Gasteiger partial charge is 0.338 e. The Labute approximate surface area is 123 Å². The van der Waals surface area contributed by atoms with Crippen molar-refractivity contribution in [3.63, 3.8) is 0 Å². The van der Waals surface area contributed by atoms with Crippen molar-refractivity contribution < 1.29 is 9.18 Å². The van der Waals surface area contributed by atoms with Crippen molar-refractivity contribution in [1.29, 1.82) is 0 Å². The number of likely N-dealkylation sites (tertiary alicyclic amines) is 1. The molecule has 3 rings (SSSR count). The molecule has 0 bridgehead atoms. The number of carbonyl (C=O) groups is 1. The SMILES string of the molecule is CC(N)C1CCN(C(=O)c2ccc(F)c3ccccc23)C1. The molecule has 0 saturated carbocycles. The zero-order valence-electron chi connectivity index (χ0n) is 12.1. The second-order valence-electron chi connectivity index (χ2n) is 5.80. The summed E-state index contributed by atoms with van der Waals surface area (Å²) in [6.07, 6.45) is 0.933. The topological polar surface area (TPSA) is 46.3 Å². The van der Waals surface area contributed by atoms with Gasteiger partial charge in [-0.2, -0.15) is 0 Å². The molecular formula is C17H19FN2O. The zero-order valence-corrected chi connectivity index (χ0v) is 12.1. The van der Waals surface area contributed by atoms with Crippen molar-refractivity contribution in [3.8, 4) is 0 Å². The number of amides is 1. The highest BCUT2D eigenvalue weighted by molar-refractivity contribution is 6.07. The van der Waals surface area contributed by atoms with Gasteiger partial charge in [0.25, 0.3) is 5.91 Å². The number of fused-ring (bicyclic) bond motifs is 1. The lowest BCUT2D eigenvalue weighted by Gasteiger charge is -2.19. The second kappa shape index (κ2) is 5.45. The quantitative estimate of drug-likeness (QED) is 0.922. The van der Waals surface area contributed by atoms with Gasteiger partial charge in [-0.05, 0) is 36.8 Å². The Kier molecular flexibility index (Phi) is 3.64. The molecule has 4 heteroatoms. The number of benzene rings is 2. The smallest absolute Gasteiger partial charge is 0.254 e. The van der Waals surface area contributed by atoms with Crippen LogP contribution in [-0.2, 0) is 0 Å². The number of nitrogens with two attached hydrogens (primary N) is 1. The molecule has 1 saturated heterocycles. The molecular weight excluding hydrogens is 267 g/mol. The Morgan fingerprint density at radius 3 is 2.67 bits per heavy atom. The monoisotopic (exact) mass is 286 g/mol. The summed E-state index contributed by atoms with van der Waals surface area (Å²) in [6.45, 7) is 3.38. The lowest BCUT2D eigenvalue weighted by Crippen LogP contribution is -2.33. The molecule has 2 aromatic carbocycles. The third-order valence-electron chi connectivity index (χ3n) is 4.36. The minimum atomic E-state index is -0.294. The van der Waals surface area contributed by atoms with Crippen LogP contribution in [0.5, 0.6) is 0 Å². The van der Waals surface area contributed by atoms with E-state index in [1.54, 1.807) is 24.3 Å². The molecule has 0 radical (unpaired) electrons. The third-order valence-corrected chi connectivity index (χ3v) is 4.36. The lowest BCUT2D eigenvalue weighted by molar-refractivity contribution is 0.0788. The van der Waals surface area contributed by atoms with Gasteiger partial charge in [0, 0.05) is 30.1 Å². The molecule has 1 fully saturated rings. The maximum absolute atomic E-state index is 13.8. The van der Waals surface area contributed by atoms with Gasteiger partial charge in [-0.3, -0.25) is 4.79 Å². The molecule has 21 heavy (non-hydrogen) atoms. The summed E-state index contributed by atoms with van der Waals surface area (Å²) >= 11 is 0. The van der Waals surface area contributed by atoms with Crippen molar-refractivity contribution in [2.75, 3.05) is 13.1 Å². The average molecular weight is 286 g/mol. The standard InChI is InChI=1S/C17H19FN2O/c1-11(19)12-8-9-20(10-12)17(21)15-6-7-16(18)14-5-3-2-4-13(14)15/h2-7,11-12H,8-10,19H2,1H3.